The van der Waals surface area contributed by atoms with Gasteiger partial charge in [0.2, 0.25) is 0 Å². The molecule has 17 heavy (non-hydrogen) atoms. The Morgan fingerprint density at radius 3 is 3.00 bits per heavy atom. The first-order chi connectivity index (χ1) is 8.22. The molecule has 1 heterocycles. The third kappa shape index (κ3) is 2.90. The maximum Gasteiger partial charge on any atom is 0.124 e. The maximum absolute atomic E-state index is 9.61. The Balaban J connectivity index is 2.03. The summed E-state index contributed by atoms with van der Waals surface area (Å²) < 4.78 is 10.4. The van der Waals surface area contributed by atoms with Crippen LogP contribution in [0.3, 0.4) is 0 Å². The molecule has 5 heteroatoms. The van der Waals surface area contributed by atoms with Gasteiger partial charge < -0.3 is 19.9 Å². The number of methoxy groups -OCH3 is 1. The first-order valence-corrected chi connectivity index (χ1v) is 5.90. The van der Waals surface area contributed by atoms with E-state index in [-0.39, 0.29) is 6.04 Å². The van der Waals surface area contributed by atoms with Crippen molar-refractivity contribution in [3.8, 4) is 5.75 Å². The van der Waals surface area contributed by atoms with Crippen molar-refractivity contribution < 1.29 is 14.6 Å². The van der Waals surface area contributed by atoms with Crippen molar-refractivity contribution in [1.82, 2.24) is 5.32 Å². The van der Waals surface area contributed by atoms with E-state index in [0.717, 1.165) is 11.3 Å². The van der Waals surface area contributed by atoms with Gasteiger partial charge in [0.1, 0.15) is 5.75 Å². The smallest absolute Gasteiger partial charge is 0.124 e. The van der Waals surface area contributed by atoms with E-state index in [2.05, 4.69) is 5.32 Å². The Morgan fingerprint density at radius 2 is 2.35 bits per heavy atom. The van der Waals surface area contributed by atoms with Gasteiger partial charge >= 0.3 is 0 Å². The monoisotopic (exact) mass is 257 g/mol. The second-order valence-corrected chi connectivity index (χ2v) is 4.42. The molecule has 4 nitrogen and oxygen atoms in total. The summed E-state index contributed by atoms with van der Waals surface area (Å²) in [5, 5.41) is 13.5. The summed E-state index contributed by atoms with van der Waals surface area (Å²) in [5.41, 5.74) is 0.899. The summed E-state index contributed by atoms with van der Waals surface area (Å²) in [7, 11) is 1.61. The topological polar surface area (TPSA) is 50.7 Å². The molecule has 0 saturated carbocycles. The molecule has 2 atom stereocenters. The average molecular weight is 258 g/mol. The van der Waals surface area contributed by atoms with Crippen molar-refractivity contribution >= 4 is 11.6 Å². The maximum atomic E-state index is 9.61. The summed E-state index contributed by atoms with van der Waals surface area (Å²) in [6.07, 6.45) is -0.455. The fraction of sp³-hybridized carbons (Fsp3) is 0.500. The molecule has 2 N–H and O–H groups in total. The lowest BCUT2D eigenvalue weighted by Gasteiger charge is -2.16. The molecule has 2 unspecified atom stereocenters. The molecule has 94 valence electrons. The number of hydrogen-bond donors (Lipinski definition) is 2. The third-order valence-electron chi connectivity index (χ3n) is 2.89. The predicted octanol–water partition coefficient (Wildman–Crippen LogP) is 1.20. The number of benzene rings is 1. The highest BCUT2D eigenvalue weighted by molar-refractivity contribution is 6.31. The first kappa shape index (κ1) is 12.6. The normalized spacial score (nSPS) is 23.9. The van der Waals surface area contributed by atoms with Crippen LogP contribution in [0.4, 0.5) is 0 Å². The summed E-state index contributed by atoms with van der Waals surface area (Å²) in [5.74, 6) is 0.749. The van der Waals surface area contributed by atoms with Crippen molar-refractivity contribution in [2.45, 2.75) is 18.7 Å². The highest BCUT2D eigenvalue weighted by atomic mass is 35.5. The minimum absolute atomic E-state index is 0.0454. The van der Waals surface area contributed by atoms with E-state index in [1.165, 1.54) is 0 Å². The van der Waals surface area contributed by atoms with Crippen LogP contribution < -0.4 is 10.1 Å². The lowest BCUT2D eigenvalue weighted by Crippen LogP contribution is -2.38. The van der Waals surface area contributed by atoms with E-state index in [1.807, 2.05) is 18.2 Å². The quantitative estimate of drug-likeness (QED) is 0.851. The van der Waals surface area contributed by atoms with Gasteiger partial charge in [0.25, 0.3) is 0 Å². The van der Waals surface area contributed by atoms with Gasteiger partial charge in [-0.3, -0.25) is 0 Å². The number of hydrogen-bond acceptors (Lipinski definition) is 4. The Hall–Kier alpha value is -0.810. The molecule has 0 aromatic heterocycles. The predicted molar refractivity (Wildman–Crippen MR) is 65.5 cm³/mol. The van der Waals surface area contributed by atoms with Crippen LogP contribution >= 0.6 is 11.6 Å². The second kappa shape index (κ2) is 5.69. The molecule has 1 fully saturated rings. The van der Waals surface area contributed by atoms with Gasteiger partial charge in [-0.25, -0.2) is 0 Å². The molecule has 2 rings (SSSR count). The SMILES string of the molecule is COc1cccc(Cl)c1CNC1COCC1O. The fourth-order valence-electron chi connectivity index (χ4n) is 1.87. The van der Waals surface area contributed by atoms with Crippen LogP contribution in [-0.4, -0.2) is 37.6 Å². The molecular formula is C12H16ClNO3. The molecule has 0 spiro atoms. The molecule has 1 aliphatic heterocycles. The van der Waals surface area contributed by atoms with Crippen LogP contribution in [-0.2, 0) is 11.3 Å². The van der Waals surface area contributed by atoms with Crippen LogP contribution in [0.1, 0.15) is 5.56 Å². The Kier molecular flexibility index (Phi) is 4.23. The zero-order chi connectivity index (χ0) is 12.3. The van der Waals surface area contributed by atoms with Gasteiger partial charge in [0.15, 0.2) is 0 Å². The minimum atomic E-state index is -0.455. The largest absolute Gasteiger partial charge is 0.496 e. The Morgan fingerprint density at radius 1 is 1.53 bits per heavy atom. The number of aliphatic hydroxyl groups excluding tert-OH is 1. The van der Waals surface area contributed by atoms with Crippen LogP contribution in [0.25, 0.3) is 0 Å². The van der Waals surface area contributed by atoms with Gasteiger partial charge in [-0.1, -0.05) is 17.7 Å². The molecule has 1 saturated heterocycles. The standard InChI is InChI=1S/C12H16ClNO3/c1-16-12-4-2-3-9(13)8(12)5-14-10-6-17-7-11(10)15/h2-4,10-11,14-15H,5-7H2,1H3. The average Bonchev–Trinajstić information content (AvgIpc) is 2.73. The van der Waals surface area contributed by atoms with E-state index in [1.54, 1.807) is 7.11 Å². The van der Waals surface area contributed by atoms with Crippen LogP contribution in [0, 0.1) is 0 Å². The Bertz CT molecular complexity index is 386. The van der Waals surface area contributed by atoms with Gasteiger partial charge in [0, 0.05) is 17.1 Å². The summed E-state index contributed by atoms with van der Waals surface area (Å²) in [6.45, 7) is 1.46. The molecular weight excluding hydrogens is 242 g/mol. The molecule has 0 amide bonds. The molecule has 0 aliphatic carbocycles. The fourth-order valence-corrected chi connectivity index (χ4v) is 2.11. The molecule has 0 radical (unpaired) electrons. The second-order valence-electron chi connectivity index (χ2n) is 4.01. The van der Waals surface area contributed by atoms with E-state index in [4.69, 9.17) is 21.1 Å². The Labute approximate surface area is 105 Å². The minimum Gasteiger partial charge on any atom is -0.496 e. The zero-order valence-corrected chi connectivity index (χ0v) is 10.4. The first-order valence-electron chi connectivity index (χ1n) is 5.53. The number of rotatable bonds is 4. The molecule has 1 aromatic carbocycles. The number of nitrogens with one attached hydrogen (secondary N) is 1. The lowest BCUT2D eigenvalue weighted by atomic mass is 10.1. The van der Waals surface area contributed by atoms with Gasteiger partial charge in [0.05, 0.1) is 32.5 Å². The summed E-state index contributed by atoms with van der Waals surface area (Å²) >= 11 is 6.12. The van der Waals surface area contributed by atoms with Crippen LogP contribution in [0.2, 0.25) is 5.02 Å². The molecule has 0 bridgehead atoms. The van der Waals surface area contributed by atoms with Crippen LogP contribution in [0.5, 0.6) is 5.75 Å². The highest BCUT2D eigenvalue weighted by Gasteiger charge is 2.25. The van der Waals surface area contributed by atoms with Gasteiger partial charge in [-0.15, -0.1) is 0 Å². The van der Waals surface area contributed by atoms with Gasteiger partial charge in [-0.2, -0.15) is 0 Å². The van der Waals surface area contributed by atoms with Crippen molar-refractivity contribution in [3.63, 3.8) is 0 Å². The van der Waals surface area contributed by atoms with Crippen LogP contribution in [0.15, 0.2) is 18.2 Å². The van der Waals surface area contributed by atoms with Crippen molar-refractivity contribution in [2.75, 3.05) is 20.3 Å². The van der Waals surface area contributed by atoms with Gasteiger partial charge in [-0.05, 0) is 12.1 Å². The number of aliphatic hydroxyl groups is 1. The third-order valence-corrected chi connectivity index (χ3v) is 3.24. The summed E-state index contributed by atoms with van der Waals surface area (Å²) in [6, 6.07) is 5.49. The van der Waals surface area contributed by atoms with Crippen molar-refractivity contribution in [2.24, 2.45) is 0 Å². The van der Waals surface area contributed by atoms with E-state index < -0.39 is 6.10 Å². The lowest BCUT2D eigenvalue weighted by molar-refractivity contribution is 0.122. The van der Waals surface area contributed by atoms with Crippen molar-refractivity contribution in [3.05, 3.63) is 28.8 Å². The molecule has 1 aliphatic rings. The highest BCUT2D eigenvalue weighted by Crippen LogP contribution is 2.26. The van der Waals surface area contributed by atoms with E-state index in [0.29, 0.717) is 24.8 Å². The molecule has 1 aromatic rings. The summed E-state index contributed by atoms with van der Waals surface area (Å²) in [4.78, 5) is 0. The number of ether oxygens (including phenoxy) is 2. The van der Waals surface area contributed by atoms with E-state index in [9.17, 15) is 5.11 Å². The zero-order valence-electron chi connectivity index (χ0n) is 9.65. The number of halogens is 1. The van der Waals surface area contributed by atoms with E-state index >= 15 is 0 Å². The van der Waals surface area contributed by atoms with Crippen molar-refractivity contribution in [1.29, 1.82) is 0 Å².